The molecule has 140 valence electrons. The lowest BCUT2D eigenvalue weighted by atomic mass is 9.49. The summed E-state index contributed by atoms with van der Waals surface area (Å²) in [7, 11) is 0. The van der Waals surface area contributed by atoms with Crippen LogP contribution >= 0.6 is 0 Å². The van der Waals surface area contributed by atoms with E-state index in [4.69, 9.17) is 0 Å². The highest BCUT2D eigenvalue weighted by Crippen LogP contribution is 2.61. The van der Waals surface area contributed by atoms with Crippen molar-refractivity contribution in [2.45, 2.75) is 57.9 Å². The molecule has 26 heavy (non-hydrogen) atoms. The Labute approximate surface area is 156 Å². The fourth-order valence-electron chi connectivity index (χ4n) is 6.21. The fraction of sp³-hybridized carbons (Fsp3) is 0.636. The second-order valence-corrected chi connectivity index (χ2v) is 9.07. The third kappa shape index (κ3) is 3.79. The van der Waals surface area contributed by atoms with Gasteiger partial charge in [-0.15, -0.1) is 0 Å². The molecular formula is C22H30N2O2. The lowest BCUT2D eigenvalue weighted by Crippen LogP contribution is -2.48. The zero-order valence-electron chi connectivity index (χ0n) is 15.7. The third-order valence-electron chi connectivity index (χ3n) is 6.82. The van der Waals surface area contributed by atoms with Crippen LogP contribution in [0.2, 0.25) is 0 Å². The molecule has 2 N–H and O–H groups in total. The summed E-state index contributed by atoms with van der Waals surface area (Å²) in [6.45, 7) is 2.03. The Morgan fingerprint density at radius 1 is 1.00 bits per heavy atom. The van der Waals surface area contributed by atoms with Crippen LogP contribution in [-0.4, -0.2) is 18.4 Å². The lowest BCUT2D eigenvalue weighted by molar-refractivity contribution is -0.132. The van der Waals surface area contributed by atoms with Crippen molar-refractivity contribution in [1.82, 2.24) is 10.6 Å². The summed E-state index contributed by atoms with van der Waals surface area (Å²) < 4.78 is 0. The Hall–Kier alpha value is -1.84. The molecule has 1 aromatic carbocycles. The van der Waals surface area contributed by atoms with Crippen molar-refractivity contribution in [3.8, 4) is 0 Å². The van der Waals surface area contributed by atoms with Crippen LogP contribution in [0.25, 0.3) is 0 Å². The van der Waals surface area contributed by atoms with Crippen LogP contribution in [-0.2, 0) is 9.59 Å². The Bertz CT molecular complexity index is 635. The first-order chi connectivity index (χ1) is 12.5. The number of benzene rings is 1. The van der Waals surface area contributed by atoms with Gasteiger partial charge in [0, 0.05) is 6.42 Å². The molecule has 0 aliphatic heterocycles. The van der Waals surface area contributed by atoms with E-state index in [1.165, 1.54) is 38.5 Å². The van der Waals surface area contributed by atoms with E-state index < -0.39 is 0 Å². The van der Waals surface area contributed by atoms with Gasteiger partial charge in [0.05, 0.1) is 12.6 Å². The van der Waals surface area contributed by atoms with E-state index in [0.29, 0.717) is 6.42 Å². The summed E-state index contributed by atoms with van der Waals surface area (Å²) in [6.07, 6.45) is 8.46. The quantitative estimate of drug-likeness (QED) is 0.820. The summed E-state index contributed by atoms with van der Waals surface area (Å²) >= 11 is 0. The van der Waals surface area contributed by atoms with E-state index in [1.54, 1.807) is 0 Å². The predicted octanol–water partition coefficient (Wildman–Crippen LogP) is 3.59. The number of rotatable bonds is 6. The van der Waals surface area contributed by atoms with Crippen LogP contribution in [0.5, 0.6) is 0 Å². The molecule has 0 radical (unpaired) electrons. The van der Waals surface area contributed by atoms with Gasteiger partial charge in [0.2, 0.25) is 11.8 Å². The van der Waals surface area contributed by atoms with Gasteiger partial charge in [-0.25, -0.2) is 0 Å². The third-order valence-corrected chi connectivity index (χ3v) is 6.82. The molecule has 0 saturated heterocycles. The first kappa shape index (κ1) is 17.6. The summed E-state index contributed by atoms with van der Waals surface area (Å²) in [6, 6.07) is 9.83. The van der Waals surface area contributed by atoms with E-state index >= 15 is 0 Å². The van der Waals surface area contributed by atoms with Crippen LogP contribution in [0, 0.1) is 23.2 Å². The molecule has 1 aromatic rings. The van der Waals surface area contributed by atoms with Gasteiger partial charge in [-0.3, -0.25) is 9.59 Å². The van der Waals surface area contributed by atoms with Crippen molar-refractivity contribution < 1.29 is 9.59 Å². The molecule has 1 atom stereocenters. The Morgan fingerprint density at radius 3 is 2.15 bits per heavy atom. The van der Waals surface area contributed by atoms with Crippen molar-refractivity contribution in [2.24, 2.45) is 23.2 Å². The molecule has 4 nitrogen and oxygen atoms in total. The molecular weight excluding hydrogens is 324 g/mol. The topological polar surface area (TPSA) is 58.2 Å². The van der Waals surface area contributed by atoms with Gasteiger partial charge in [-0.1, -0.05) is 30.3 Å². The summed E-state index contributed by atoms with van der Waals surface area (Å²) in [5.74, 6) is 2.48. The van der Waals surface area contributed by atoms with Gasteiger partial charge in [-0.05, 0) is 74.2 Å². The summed E-state index contributed by atoms with van der Waals surface area (Å²) in [4.78, 5) is 24.7. The minimum Gasteiger partial charge on any atom is -0.348 e. The predicted molar refractivity (Wildman–Crippen MR) is 101 cm³/mol. The molecule has 4 fully saturated rings. The smallest absolute Gasteiger partial charge is 0.239 e. The summed E-state index contributed by atoms with van der Waals surface area (Å²) in [5, 5.41) is 5.82. The van der Waals surface area contributed by atoms with Gasteiger partial charge in [0.15, 0.2) is 0 Å². The highest BCUT2D eigenvalue weighted by atomic mass is 16.2. The maximum atomic E-state index is 12.5. The molecule has 4 heteroatoms. The first-order valence-corrected chi connectivity index (χ1v) is 10.1. The van der Waals surface area contributed by atoms with Crippen LogP contribution in [0.3, 0.4) is 0 Å². The average molecular weight is 354 g/mol. The van der Waals surface area contributed by atoms with Crippen molar-refractivity contribution in [2.75, 3.05) is 6.54 Å². The minimum absolute atomic E-state index is 0.0504. The highest BCUT2D eigenvalue weighted by Gasteiger charge is 2.51. The molecule has 0 aromatic heterocycles. The Kier molecular flexibility index (Phi) is 4.76. The Morgan fingerprint density at radius 2 is 1.58 bits per heavy atom. The number of hydrogen-bond acceptors (Lipinski definition) is 2. The van der Waals surface area contributed by atoms with Gasteiger partial charge in [0.1, 0.15) is 0 Å². The number of amides is 2. The van der Waals surface area contributed by atoms with E-state index in [2.05, 4.69) is 10.6 Å². The van der Waals surface area contributed by atoms with E-state index in [9.17, 15) is 9.59 Å². The maximum absolute atomic E-state index is 12.5. The van der Waals surface area contributed by atoms with Crippen molar-refractivity contribution in [3.63, 3.8) is 0 Å². The van der Waals surface area contributed by atoms with E-state index in [-0.39, 0.29) is 29.8 Å². The van der Waals surface area contributed by atoms with Gasteiger partial charge in [0.25, 0.3) is 0 Å². The minimum atomic E-state index is -0.125. The largest absolute Gasteiger partial charge is 0.348 e. The van der Waals surface area contributed by atoms with E-state index in [1.807, 2.05) is 37.3 Å². The normalized spacial score (nSPS) is 32.9. The first-order valence-electron chi connectivity index (χ1n) is 10.1. The number of carbonyl (C=O) groups excluding carboxylic acids is 2. The molecule has 0 spiro atoms. The highest BCUT2D eigenvalue weighted by molar-refractivity contribution is 5.85. The van der Waals surface area contributed by atoms with Crippen molar-refractivity contribution in [1.29, 1.82) is 0 Å². The standard InChI is InChI=1S/C22H30N2O2/c1-15(19-5-3-2-4-6-19)24-21(26)14-23-20(25)13-22-10-16-7-17(11-22)9-18(8-16)12-22/h2-6,15-18H,7-14H2,1H3,(H,23,25)(H,24,26). The SMILES string of the molecule is CC(NC(=O)CNC(=O)CC12CC3CC(CC(C3)C1)C2)c1ccccc1. The molecule has 0 heterocycles. The van der Waals surface area contributed by atoms with E-state index in [0.717, 1.165) is 23.3 Å². The maximum Gasteiger partial charge on any atom is 0.239 e. The molecule has 4 bridgehead atoms. The van der Waals surface area contributed by atoms with Gasteiger partial charge >= 0.3 is 0 Å². The lowest BCUT2D eigenvalue weighted by Gasteiger charge is -2.56. The van der Waals surface area contributed by atoms with Crippen LogP contribution < -0.4 is 10.6 Å². The number of nitrogens with one attached hydrogen (secondary N) is 2. The molecule has 1 unspecified atom stereocenters. The monoisotopic (exact) mass is 354 g/mol. The van der Waals surface area contributed by atoms with Gasteiger partial charge in [-0.2, -0.15) is 0 Å². The average Bonchev–Trinajstić information content (AvgIpc) is 2.59. The zero-order valence-corrected chi connectivity index (χ0v) is 15.7. The molecule has 2 amide bonds. The number of hydrogen-bond donors (Lipinski definition) is 2. The fourth-order valence-corrected chi connectivity index (χ4v) is 6.21. The van der Waals surface area contributed by atoms with Gasteiger partial charge < -0.3 is 10.6 Å². The zero-order chi connectivity index (χ0) is 18.1. The van der Waals surface area contributed by atoms with Crippen LogP contribution in [0.4, 0.5) is 0 Å². The van der Waals surface area contributed by atoms with Crippen LogP contribution in [0.15, 0.2) is 30.3 Å². The molecule has 4 aliphatic carbocycles. The van der Waals surface area contributed by atoms with Crippen molar-refractivity contribution >= 4 is 11.8 Å². The number of carbonyl (C=O) groups is 2. The molecule has 4 saturated carbocycles. The molecule has 5 rings (SSSR count). The second-order valence-electron chi connectivity index (χ2n) is 9.07. The summed E-state index contributed by atoms with van der Waals surface area (Å²) in [5.41, 5.74) is 1.30. The molecule has 4 aliphatic rings. The van der Waals surface area contributed by atoms with Crippen molar-refractivity contribution in [3.05, 3.63) is 35.9 Å². The Balaban J connectivity index is 1.25. The van der Waals surface area contributed by atoms with Crippen LogP contribution in [0.1, 0.15) is 63.5 Å². The second kappa shape index (κ2) is 7.05.